The molecule has 0 bridgehead atoms. The van der Waals surface area contributed by atoms with Crippen LogP contribution >= 0.6 is 22.7 Å². The van der Waals surface area contributed by atoms with E-state index < -0.39 is 23.6 Å². The van der Waals surface area contributed by atoms with E-state index >= 15 is 0 Å². The van der Waals surface area contributed by atoms with Crippen LogP contribution in [0.25, 0.3) is 32.6 Å². The molecule has 2 heterocycles. The molecule has 0 atom stereocenters. The summed E-state index contributed by atoms with van der Waals surface area (Å²) in [5, 5.41) is 18.5. The topological polar surface area (TPSA) is 66.2 Å². The van der Waals surface area contributed by atoms with E-state index in [1.165, 1.54) is 0 Å². The van der Waals surface area contributed by atoms with Gasteiger partial charge in [0.15, 0.2) is 5.76 Å². The summed E-state index contributed by atoms with van der Waals surface area (Å²) in [7, 11) is 0. The molecule has 26 heavy (non-hydrogen) atoms. The van der Waals surface area contributed by atoms with Crippen LogP contribution in [0.4, 0.5) is 22.0 Å². The van der Waals surface area contributed by atoms with Gasteiger partial charge >= 0.3 is 12.1 Å². The third-order valence-corrected chi connectivity index (χ3v) is 5.12. The minimum absolute atomic E-state index is 0.0316. The number of aliphatic hydroxyl groups excluding tert-OH is 2. The van der Waals surface area contributed by atoms with Crippen molar-refractivity contribution in [3.8, 4) is 0 Å². The number of aromatic nitrogens is 2. The van der Waals surface area contributed by atoms with Crippen LogP contribution in [0.1, 0.15) is 16.9 Å². The zero-order valence-electron chi connectivity index (χ0n) is 12.8. The fourth-order valence-electron chi connectivity index (χ4n) is 1.95. The van der Waals surface area contributed by atoms with E-state index in [1.54, 1.807) is 12.1 Å². The molecule has 0 fully saturated rings. The molecule has 138 valence electrons. The summed E-state index contributed by atoms with van der Waals surface area (Å²) in [6, 6.07) is 3.11. The first-order valence-corrected chi connectivity index (χ1v) is 8.55. The first kappa shape index (κ1) is 18.5. The second kappa shape index (κ2) is 6.16. The molecule has 0 aliphatic rings. The van der Waals surface area contributed by atoms with Crippen molar-refractivity contribution in [2.24, 2.45) is 0 Å². The Morgan fingerprint density at radius 1 is 0.885 bits per heavy atom. The van der Waals surface area contributed by atoms with Gasteiger partial charge in [0.1, 0.15) is 10.0 Å². The fourth-order valence-corrected chi connectivity index (χ4v) is 3.79. The summed E-state index contributed by atoms with van der Waals surface area (Å²) in [6.07, 6.45) is -3.46. The lowest BCUT2D eigenvalue weighted by Crippen LogP contribution is -2.12. The molecular weight excluding hydrogens is 399 g/mol. The smallest absolute Gasteiger partial charge is 0.448 e. The summed E-state index contributed by atoms with van der Waals surface area (Å²) in [4.78, 5) is 8.11. The Labute approximate surface area is 150 Å². The van der Waals surface area contributed by atoms with Gasteiger partial charge < -0.3 is 10.2 Å². The quantitative estimate of drug-likeness (QED) is 0.417. The minimum atomic E-state index is -4.86. The summed E-state index contributed by atoms with van der Waals surface area (Å²) in [5.74, 6) is -6.26. The number of alkyl halides is 5. The molecule has 0 aliphatic carbocycles. The molecule has 0 unspecified atom stereocenters. The Morgan fingerprint density at radius 2 is 1.31 bits per heavy atom. The van der Waals surface area contributed by atoms with E-state index in [9.17, 15) is 27.1 Å². The molecule has 3 rings (SSSR count). The normalized spacial score (nSPS) is 14.5. The van der Waals surface area contributed by atoms with Crippen LogP contribution in [0.5, 0.6) is 0 Å². The Kier molecular flexibility index (Phi) is 4.39. The summed E-state index contributed by atoms with van der Waals surface area (Å²) >= 11 is 1.94. The number of aliphatic hydroxyl groups is 2. The van der Waals surface area contributed by atoms with Crippen molar-refractivity contribution < 1.29 is 32.2 Å². The van der Waals surface area contributed by atoms with Gasteiger partial charge in [0.05, 0.1) is 20.4 Å². The van der Waals surface area contributed by atoms with Gasteiger partial charge in [-0.25, -0.2) is 9.97 Å². The Bertz CT molecular complexity index is 913. The maximum absolute atomic E-state index is 13.0. The first-order valence-electron chi connectivity index (χ1n) is 6.91. The van der Waals surface area contributed by atoms with E-state index in [1.807, 2.05) is 0 Å². The SMILES string of the molecule is CC(F)(F)C(O)=Cc1nc2cc3sc(C=C(O)C(F)(F)F)nc3cc2s1. The standard InChI is InChI=1S/C15H9F5N2O2S2/c1-14(16,17)10(23)4-12-21-6-2-9-7(3-8(6)25-12)22-13(26-9)5-11(24)15(18,19)20/h2-5,23-24H,1H3. The van der Waals surface area contributed by atoms with Crippen LogP contribution < -0.4 is 0 Å². The van der Waals surface area contributed by atoms with E-state index in [4.69, 9.17) is 5.11 Å². The van der Waals surface area contributed by atoms with Crippen molar-refractivity contribution in [3.63, 3.8) is 0 Å². The zero-order chi connectivity index (χ0) is 19.3. The highest BCUT2D eigenvalue weighted by Crippen LogP contribution is 2.34. The van der Waals surface area contributed by atoms with Gasteiger partial charge in [-0.3, -0.25) is 0 Å². The van der Waals surface area contributed by atoms with Crippen molar-refractivity contribution in [1.29, 1.82) is 0 Å². The lowest BCUT2D eigenvalue weighted by molar-refractivity contribution is -0.119. The number of fused-ring (bicyclic) bond motifs is 2. The molecule has 11 heteroatoms. The van der Waals surface area contributed by atoms with Crippen LogP contribution in [0.2, 0.25) is 0 Å². The summed E-state index contributed by atoms with van der Waals surface area (Å²) in [5.41, 5.74) is 0.813. The number of benzene rings is 1. The third-order valence-electron chi connectivity index (χ3n) is 3.19. The van der Waals surface area contributed by atoms with Crippen molar-refractivity contribution >= 4 is 55.3 Å². The maximum atomic E-state index is 13.0. The molecule has 2 aromatic heterocycles. The molecule has 3 aromatic rings. The largest absolute Gasteiger partial charge is 0.506 e. The maximum Gasteiger partial charge on any atom is 0.448 e. The van der Waals surface area contributed by atoms with Gasteiger partial charge in [0.2, 0.25) is 5.76 Å². The van der Waals surface area contributed by atoms with Gasteiger partial charge in [0.25, 0.3) is 0 Å². The van der Waals surface area contributed by atoms with Crippen molar-refractivity contribution in [1.82, 2.24) is 9.97 Å². The molecule has 0 saturated heterocycles. The van der Waals surface area contributed by atoms with E-state index in [0.29, 0.717) is 33.4 Å². The highest BCUT2D eigenvalue weighted by molar-refractivity contribution is 7.20. The number of nitrogens with zero attached hydrogens (tertiary/aromatic N) is 2. The summed E-state index contributed by atoms with van der Waals surface area (Å²) in [6.45, 7) is 0.553. The monoisotopic (exact) mass is 408 g/mol. The number of thiazole rings is 2. The van der Waals surface area contributed by atoms with Crippen LogP contribution in [0.3, 0.4) is 0 Å². The number of rotatable bonds is 3. The Balaban J connectivity index is 2.01. The second-order valence-corrected chi connectivity index (χ2v) is 7.46. The first-order chi connectivity index (χ1) is 11.9. The zero-order valence-corrected chi connectivity index (χ0v) is 14.4. The predicted octanol–water partition coefficient (Wildman–Crippen LogP) is 5.92. The minimum Gasteiger partial charge on any atom is -0.506 e. The van der Waals surface area contributed by atoms with Gasteiger partial charge in [0, 0.05) is 19.1 Å². The average molecular weight is 408 g/mol. The van der Waals surface area contributed by atoms with E-state index in [2.05, 4.69) is 9.97 Å². The Hall–Kier alpha value is -2.27. The predicted molar refractivity (Wildman–Crippen MR) is 90.7 cm³/mol. The molecule has 4 nitrogen and oxygen atoms in total. The number of halogens is 5. The van der Waals surface area contributed by atoms with E-state index in [-0.39, 0.29) is 10.0 Å². The molecule has 0 amide bonds. The van der Waals surface area contributed by atoms with Gasteiger partial charge in [-0.15, -0.1) is 22.7 Å². The molecule has 0 spiro atoms. The van der Waals surface area contributed by atoms with Crippen LogP contribution in [-0.4, -0.2) is 32.3 Å². The Morgan fingerprint density at radius 3 is 1.69 bits per heavy atom. The molecular formula is C15H9F5N2O2S2. The highest BCUT2D eigenvalue weighted by atomic mass is 32.1. The van der Waals surface area contributed by atoms with Gasteiger partial charge in [-0.1, -0.05) is 0 Å². The van der Waals surface area contributed by atoms with Crippen molar-refractivity contribution in [2.75, 3.05) is 0 Å². The molecule has 0 saturated carbocycles. The van der Waals surface area contributed by atoms with Gasteiger partial charge in [-0.05, 0) is 12.1 Å². The number of hydrogen-bond acceptors (Lipinski definition) is 6. The third kappa shape index (κ3) is 3.78. The van der Waals surface area contributed by atoms with Crippen LogP contribution in [0.15, 0.2) is 23.7 Å². The fraction of sp³-hybridized carbons (Fsp3) is 0.200. The molecule has 2 N–H and O–H groups in total. The lowest BCUT2D eigenvalue weighted by atomic mass is 10.3. The van der Waals surface area contributed by atoms with Gasteiger partial charge in [-0.2, -0.15) is 22.0 Å². The van der Waals surface area contributed by atoms with Crippen LogP contribution in [0, 0.1) is 0 Å². The summed E-state index contributed by atoms with van der Waals surface area (Å²) < 4.78 is 64.2. The molecule has 1 aromatic carbocycles. The second-order valence-electron chi connectivity index (χ2n) is 5.34. The number of allylic oxidation sites excluding steroid dienone is 2. The van der Waals surface area contributed by atoms with Crippen molar-refractivity contribution in [2.45, 2.75) is 19.0 Å². The van der Waals surface area contributed by atoms with E-state index in [0.717, 1.165) is 28.7 Å². The molecule has 0 aliphatic heterocycles. The molecule has 0 radical (unpaired) electrons. The lowest BCUT2D eigenvalue weighted by Gasteiger charge is -2.07. The average Bonchev–Trinajstić information content (AvgIpc) is 3.03. The van der Waals surface area contributed by atoms with Crippen LogP contribution in [-0.2, 0) is 0 Å². The number of hydrogen-bond donors (Lipinski definition) is 2. The highest BCUT2D eigenvalue weighted by Gasteiger charge is 2.34. The van der Waals surface area contributed by atoms with Crippen molar-refractivity contribution in [3.05, 3.63) is 33.7 Å².